The first-order chi connectivity index (χ1) is 17.1. The minimum absolute atomic E-state index is 0.0648. The fraction of sp³-hybridized carbons (Fsp3) is 0.259. The van der Waals surface area contributed by atoms with Crippen LogP contribution in [0.3, 0.4) is 0 Å². The molecule has 0 spiro atoms. The minimum atomic E-state index is -0.872. The summed E-state index contributed by atoms with van der Waals surface area (Å²) in [6.07, 6.45) is 0.874. The number of anilines is 1. The molecule has 0 bridgehead atoms. The van der Waals surface area contributed by atoms with Crippen LogP contribution < -0.4 is 10.2 Å². The van der Waals surface area contributed by atoms with E-state index in [1.54, 1.807) is 16.7 Å². The van der Waals surface area contributed by atoms with Crippen LogP contribution in [-0.4, -0.2) is 47.1 Å². The molecule has 35 heavy (non-hydrogen) atoms. The molecule has 2 amide bonds. The molecule has 1 aromatic heterocycles. The van der Waals surface area contributed by atoms with Crippen LogP contribution >= 0.6 is 0 Å². The number of aryl methyl sites for hydroxylation is 1. The number of ether oxygens (including phenoxy) is 1. The summed E-state index contributed by atoms with van der Waals surface area (Å²) in [5.74, 6) is -0.565. The molecule has 1 heterocycles. The number of hydrogen-bond donors (Lipinski definition) is 1. The number of benzene rings is 3. The van der Waals surface area contributed by atoms with E-state index in [2.05, 4.69) is 22.6 Å². The molecule has 0 aliphatic rings. The Hall–Kier alpha value is -4.04. The van der Waals surface area contributed by atoms with Crippen molar-refractivity contribution in [2.75, 3.05) is 25.2 Å². The molecule has 0 saturated carbocycles. The SMILES string of the molecule is CCc1ccc(N(C(=O)Cn2nnc3ccccc32)[C@@H](C(=O)NCCOC)c2ccccc2)cc1. The molecule has 0 aliphatic heterocycles. The van der Waals surface area contributed by atoms with Gasteiger partial charge in [-0.2, -0.15) is 0 Å². The van der Waals surface area contributed by atoms with Gasteiger partial charge in [-0.25, -0.2) is 4.68 Å². The predicted molar refractivity (Wildman–Crippen MR) is 135 cm³/mol. The van der Waals surface area contributed by atoms with Crippen LogP contribution in [0.25, 0.3) is 11.0 Å². The number of aromatic nitrogens is 3. The lowest BCUT2D eigenvalue weighted by molar-refractivity contribution is -0.127. The van der Waals surface area contributed by atoms with E-state index in [1.807, 2.05) is 78.9 Å². The number of nitrogens with one attached hydrogen (secondary N) is 1. The average molecular weight is 472 g/mol. The summed E-state index contributed by atoms with van der Waals surface area (Å²) in [7, 11) is 1.58. The number of para-hydroxylation sites is 1. The number of fused-ring (bicyclic) bond motifs is 1. The summed E-state index contributed by atoms with van der Waals surface area (Å²) >= 11 is 0. The number of methoxy groups -OCH3 is 1. The molecule has 3 aromatic carbocycles. The predicted octanol–water partition coefficient (Wildman–Crippen LogP) is 3.53. The maximum atomic E-state index is 13.9. The maximum absolute atomic E-state index is 13.9. The third-order valence-corrected chi connectivity index (χ3v) is 5.82. The molecule has 8 nitrogen and oxygen atoms in total. The smallest absolute Gasteiger partial charge is 0.249 e. The van der Waals surface area contributed by atoms with Gasteiger partial charge in [-0.15, -0.1) is 5.10 Å². The lowest BCUT2D eigenvalue weighted by atomic mass is 10.0. The van der Waals surface area contributed by atoms with Crippen molar-refractivity contribution in [1.82, 2.24) is 20.3 Å². The number of nitrogens with zero attached hydrogens (tertiary/aromatic N) is 4. The fourth-order valence-electron chi connectivity index (χ4n) is 3.99. The van der Waals surface area contributed by atoms with Crippen molar-refractivity contribution in [3.8, 4) is 0 Å². The van der Waals surface area contributed by atoms with Gasteiger partial charge >= 0.3 is 0 Å². The number of hydrogen-bond acceptors (Lipinski definition) is 5. The Labute approximate surface area is 204 Å². The van der Waals surface area contributed by atoms with Crippen LogP contribution in [0.4, 0.5) is 5.69 Å². The van der Waals surface area contributed by atoms with Crippen molar-refractivity contribution in [3.05, 3.63) is 90.0 Å². The first-order valence-corrected chi connectivity index (χ1v) is 11.6. The number of carbonyl (C=O) groups is 2. The summed E-state index contributed by atoms with van der Waals surface area (Å²) in [6.45, 7) is 2.72. The second-order valence-corrected chi connectivity index (χ2v) is 8.12. The quantitative estimate of drug-likeness (QED) is 0.358. The molecule has 8 heteroatoms. The second kappa shape index (κ2) is 11.4. The van der Waals surface area contributed by atoms with Gasteiger partial charge in [0.1, 0.15) is 18.1 Å². The van der Waals surface area contributed by atoms with Crippen LogP contribution in [0.5, 0.6) is 0 Å². The summed E-state index contributed by atoms with van der Waals surface area (Å²) in [5, 5.41) is 11.2. The largest absolute Gasteiger partial charge is 0.383 e. The topological polar surface area (TPSA) is 89.4 Å². The molecule has 180 valence electrons. The van der Waals surface area contributed by atoms with Crippen LogP contribution in [-0.2, 0) is 27.3 Å². The lowest BCUT2D eigenvalue weighted by Crippen LogP contribution is -2.46. The zero-order valence-electron chi connectivity index (χ0n) is 19.9. The van der Waals surface area contributed by atoms with Gasteiger partial charge in [0.25, 0.3) is 0 Å². The standard InChI is InChI=1S/C27H29N5O3/c1-3-20-13-15-22(16-14-20)32(25(33)19-31-24-12-8-7-11-23(24)29-30-31)26(21-9-5-4-6-10-21)27(34)28-17-18-35-2/h4-16,26H,3,17-19H2,1-2H3,(H,28,34)/t26-/m1/s1. The van der Waals surface area contributed by atoms with Crippen LogP contribution in [0.1, 0.15) is 24.1 Å². The molecular formula is C27H29N5O3. The van der Waals surface area contributed by atoms with Gasteiger partial charge in [-0.05, 0) is 41.8 Å². The van der Waals surface area contributed by atoms with Crippen molar-refractivity contribution in [2.45, 2.75) is 25.9 Å². The molecule has 0 fully saturated rings. The molecule has 4 aromatic rings. The summed E-state index contributed by atoms with van der Waals surface area (Å²) in [4.78, 5) is 28.9. The first-order valence-electron chi connectivity index (χ1n) is 11.6. The minimum Gasteiger partial charge on any atom is -0.383 e. The average Bonchev–Trinajstić information content (AvgIpc) is 3.30. The molecule has 1 N–H and O–H groups in total. The number of amides is 2. The fourth-order valence-corrected chi connectivity index (χ4v) is 3.99. The van der Waals surface area contributed by atoms with E-state index in [1.165, 1.54) is 0 Å². The van der Waals surface area contributed by atoms with Crippen molar-refractivity contribution in [2.24, 2.45) is 0 Å². The van der Waals surface area contributed by atoms with Gasteiger partial charge in [0.15, 0.2) is 0 Å². The Morgan fingerprint density at radius 3 is 2.43 bits per heavy atom. The highest BCUT2D eigenvalue weighted by Crippen LogP contribution is 2.29. The monoisotopic (exact) mass is 471 g/mol. The van der Waals surface area contributed by atoms with Crippen LogP contribution in [0.2, 0.25) is 0 Å². The number of rotatable bonds is 10. The van der Waals surface area contributed by atoms with Crippen molar-refractivity contribution in [3.63, 3.8) is 0 Å². The normalized spacial score (nSPS) is 11.8. The summed E-state index contributed by atoms with van der Waals surface area (Å²) in [6, 6.07) is 23.6. The van der Waals surface area contributed by atoms with Crippen molar-refractivity contribution >= 4 is 28.5 Å². The van der Waals surface area contributed by atoms with E-state index < -0.39 is 6.04 Å². The van der Waals surface area contributed by atoms with E-state index in [9.17, 15) is 9.59 Å². The van der Waals surface area contributed by atoms with E-state index in [0.29, 0.717) is 29.9 Å². The zero-order chi connectivity index (χ0) is 24.6. The highest BCUT2D eigenvalue weighted by Gasteiger charge is 2.33. The highest BCUT2D eigenvalue weighted by atomic mass is 16.5. The molecule has 4 rings (SSSR count). The van der Waals surface area contributed by atoms with Crippen LogP contribution in [0, 0.1) is 0 Å². The highest BCUT2D eigenvalue weighted by molar-refractivity contribution is 6.01. The Balaban J connectivity index is 1.75. The lowest BCUT2D eigenvalue weighted by Gasteiger charge is -2.31. The van der Waals surface area contributed by atoms with Gasteiger partial charge < -0.3 is 10.1 Å². The molecule has 0 aliphatic carbocycles. The van der Waals surface area contributed by atoms with Gasteiger partial charge in [0, 0.05) is 19.3 Å². The Bertz CT molecular complexity index is 1270. The van der Waals surface area contributed by atoms with Gasteiger partial charge in [-0.1, -0.05) is 66.7 Å². The van der Waals surface area contributed by atoms with Crippen molar-refractivity contribution < 1.29 is 14.3 Å². The number of carbonyl (C=O) groups excluding carboxylic acids is 2. The third kappa shape index (κ3) is 5.55. The molecule has 0 radical (unpaired) electrons. The Morgan fingerprint density at radius 1 is 1.00 bits per heavy atom. The summed E-state index contributed by atoms with van der Waals surface area (Å²) in [5.41, 5.74) is 3.94. The van der Waals surface area contributed by atoms with Gasteiger partial charge in [0.2, 0.25) is 11.8 Å². The van der Waals surface area contributed by atoms with E-state index in [0.717, 1.165) is 17.5 Å². The molecular weight excluding hydrogens is 442 g/mol. The third-order valence-electron chi connectivity index (χ3n) is 5.82. The van der Waals surface area contributed by atoms with E-state index in [4.69, 9.17) is 4.74 Å². The van der Waals surface area contributed by atoms with E-state index >= 15 is 0 Å². The summed E-state index contributed by atoms with van der Waals surface area (Å²) < 4.78 is 6.66. The Kier molecular flexibility index (Phi) is 7.84. The van der Waals surface area contributed by atoms with Gasteiger partial charge in [-0.3, -0.25) is 14.5 Å². The Morgan fingerprint density at radius 2 is 1.71 bits per heavy atom. The van der Waals surface area contributed by atoms with Crippen LogP contribution in [0.15, 0.2) is 78.9 Å². The van der Waals surface area contributed by atoms with Gasteiger partial charge in [0.05, 0.1) is 12.1 Å². The molecule has 0 saturated heterocycles. The molecule has 1 atom stereocenters. The first kappa shape index (κ1) is 24.1. The van der Waals surface area contributed by atoms with E-state index in [-0.39, 0.29) is 18.4 Å². The molecule has 0 unspecified atom stereocenters. The zero-order valence-corrected chi connectivity index (χ0v) is 19.9. The maximum Gasteiger partial charge on any atom is 0.249 e. The second-order valence-electron chi connectivity index (χ2n) is 8.12. The van der Waals surface area contributed by atoms with Crippen molar-refractivity contribution in [1.29, 1.82) is 0 Å².